The van der Waals surface area contributed by atoms with Gasteiger partial charge in [-0.15, -0.1) is 0 Å². The summed E-state index contributed by atoms with van der Waals surface area (Å²) < 4.78 is 11.5. The molecule has 1 amide bonds. The largest absolute Gasteiger partial charge is 0.487 e. The Labute approximate surface area is 142 Å². The number of halogens is 1. The zero-order valence-electron chi connectivity index (χ0n) is 12.5. The van der Waals surface area contributed by atoms with E-state index in [1.54, 1.807) is 37.3 Å². The Morgan fingerprint density at radius 3 is 2.74 bits per heavy atom. The molecule has 0 bridgehead atoms. The van der Waals surface area contributed by atoms with Crippen molar-refractivity contribution < 1.29 is 19.1 Å². The second-order valence-electron chi connectivity index (χ2n) is 4.57. The van der Waals surface area contributed by atoms with Gasteiger partial charge in [0.15, 0.2) is 0 Å². The molecule has 1 N–H and O–H groups in total. The van der Waals surface area contributed by atoms with Gasteiger partial charge in [0.05, 0.1) is 17.9 Å². The lowest BCUT2D eigenvalue weighted by molar-refractivity contribution is -0.105. The van der Waals surface area contributed by atoms with Crippen molar-refractivity contribution in [2.75, 3.05) is 11.9 Å². The number of para-hydroxylation sites is 2. The Hall–Kier alpha value is -2.34. The minimum absolute atomic E-state index is 0.293. The van der Waals surface area contributed by atoms with Crippen LogP contribution >= 0.6 is 15.9 Å². The molecule has 0 unspecified atom stereocenters. The number of amides is 1. The molecule has 5 nitrogen and oxygen atoms in total. The third-order valence-electron chi connectivity index (χ3n) is 3.05. The molecule has 0 saturated carbocycles. The molecule has 23 heavy (non-hydrogen) atoms. The van der Waals surface area contributed by atoms with E-state index in [2.05, 4.69) is 21.2 Å². The maximum Gasteiger partial charge on any atom is 0.338 e. The lowest BCUT2D eigenvalue weighted by Gasteiger charge is -2.12. The van der Waals surface area contributed by atoms with Gasteiger partial charge in [-0.2, -0.15) is 0 Å². The van der Waals surface area contributed by atoms with Crippen molar-refractivity contribution in [2.24, 2.45) is 0 Å². The molecule has 0 radical (unpaired) electrons. The number of carbonyl (C=O) groups excluding carboxylic acids is 2. The van der Waals surface area contributed by atoms with Crippen LogP contribution in [0, 0.1) is 0 Å². The number of rotatable bonds is 7. The molecular formula is C17H16BrNO4. The summed E-state index contributed by atoms with van der Waals surface area (Å²) in [6.07, 6.45) is 0.603. The lowest BCUT2D eigenvalue weighted by atomic mass is 10.1. The molecule has 2 aromatic rings. The fourth-order valence-electron chi connectivity index (χ4n) is 1.94. The Balaban J connectivity index is 2.09. The van der Waals surface area contributed by atoms with E-state index in [-0.39, 0.29) is 5.97 Å². The number of hydrogen-bond acceptors (Lipinski definition) is 4. The van der Waals surface area contributed by atoms with E-state index in [4.69, 9.17) is 9.47 Å². The monoisotopic (exact) mass is 377 g/mol. The zero-order valence-corrected chi connectivity index (χ0v) is 14.1. The highest BCUT2D eigenvalue weighted by Gasteiger charge is 2.10. The molecule has 0 aromatic heterocycles. The van der Waals surface area contributed by atoms with E-state index in [0.29, 0.717) is 36.6 Å². The van der Waals surface area contributed by atoms with Gasteiger partial charge in [0.25, 0.3) is 0 Å². The average Bonchev–Trinajstić information content (AvgIpc) is 2.55. The van der Waals surface area contributed by atoms with Gasteiger partial charge < -0.3 is 14.8 Å². The average molecular weight is 378 g/mol. The number of nitrogens with one attached hydrogen (secondary N) is 1. The minimum Gasteiger partial charge on any atom is -0.487 e. The normalized spacial score (nSPS) is 10.0. The van der Waals surface area contributed by atoms with E-state index in [1.807, 2.05) is 12.1 Å². The van der Waals surface area contributed by atoms with Gasteiger partial charge in [0, 0.05) is 10.0 Å². The topological polar surface area (TPSA) is 64.6 Å². The first kappa shape index (κ1) is 17.0. The Bertz CT molecular complexity index is 703. The van der Waals surface area contributed by atoms with E-state index in [9.17, 15) is 9.59 Å². The Kier molecular flexibility index (Phi) is 6.17. The van der Waals surface area contributed by atoms with Crippen LogP contribution in [0.4, 0.5) is 5.69 Å². The Morgan fingerprint density at radius 2 is 2.04 bits per heavy atom. The standard InChI is InChI=1S/C17H16BrNO4/c1-2-22-17(21)12-7-8-13(14(18)9-12)10-23-16-6-4-3-5-15(16)19-11-20/h3-9,11H,2,10H2,1H3,(H,19,20). The third-order valence-corrected chi connectivity index (χ3v) is 3.79. The van der Waals surface area contributed by atoms with Crippen LogP contribution in [0.2, 0.25) is 0 Å². The number of hydrogen-bond donors (Lipinski definition) is 1. The molecule has 0 spiro atoms. The molecule has 2 rings (SSSR count). The highest BCUT2D eigenvalue weighted by Crippen LogP contribution is 2.26. The molecule has 0 atom stereocenters. The van der Waals surface area contributed by atoms with E-state index in [1.165, 1.54) is 0 Å². The van der Waals surface area contributed by atoms with Crippen LogP contribution in [0.5, 0.6) is 5.75 Å². The van der Waals surface area contributed by atoms with E-state index < -0.39 is 0 Å². The predicted molar refractivity (Wildman–Crippen MR) is 90.6 cm³/mol. The molecule has 0 aliphatic heterocycles. The minimum atomic E-state index is -0.360. The van der Waals surface area contributed by atoms with Crippen LogP contribution in [0.25, 0.3) is 0 Å². The summed E-state index contributed by atoms with van der Waals surface area (Å²) in [4.78, 5) is 22.3. The van der Waals surface area contributed by atoms with Gasteiger partial charge in [0.1, 0.15) is 12.4 Å². The summed E-state index contributed by atoms with van der Waals surface area (Å²) in [7, 11) is 0. The summed E-state index contributed by atoms with van der Waals surface area (Å²) in [5.74, 6) is 0.210. The van der Waals surface area contributed by atoms with Crippen LogP contribution in [0.1, 0.15) is 22.8 Å². The molecule has 0 aliphatic carbocycles. The lowest BCUT2D eigenvalue weighted by Crippen LogP contribution is -2.06. The van der Waals surface area contributed by atoms with Crippen molar-refractivity contribution >= 4 is 34.0 Å². The van der Waals surface area contributed by atoms with E-state index >= 15 is 0 Å². The molecule has 120 valence electrons. The first-order chi connectivity index (χ1) is 11.2. The molecule has 0 aliphatic rings. The second kappa shape index (κ2) is 8.33. The van der Waals surface area contributed by atoms with Gasteiger partial charge in [0.2, 0.25) is 6.41 Å². The van der Waals surface area contributed by atoms with E-state index in [0.717, 1.165) is 10.0 Å². The number of anilines is 1. The highest BCUT2D eigenvalue weighted by molar-refractivity contribution is 9.10. The Morgan fingerprint density at radius 1 is 1.26 bits per heavy atom. The van der Waals surface area contributed by atoms with Crippen LogP contribution in [-0.4, -0.2) is 19.0 Å². The maximum atomic E-state index is 11.7. The smallest absolute Gasteiger partial charge is 0.338 e. The summed E-state index contributed by atoms with van der Waals surface area (Å²) in [5.41, 5.74) is 1.95. The zero-order chi connectivity index (χ0) is 16.7. The summed E-state index contributed by atoms with van der Waals surface area (Å²) in [6.45, 7) is 2.39. The summed E-state index contributed by atoms with van der Waals surface area (Å²) in [6, 6.07) is 12.3. The van der Waals surface area contributed by atoms with Crippen LogP contribution < -0.4 is 10.1 Å². The third kappa shape index (κ3) is 4.56. The van der Waals surface area contributed by atoms with Gasteiger partial charge in [-0.1, -0.05) is 34.1 Å². The summed E-state index contributed by atoms with van der Waals surface area (Å²) in [5, 5.41) is 2.59. The number of ether oxygens (including phenoxy) is 2. The van der Waals surface area contributed by atoms with Crippen LogP contribution in [0.15, 0.2) is 46.9 Å². The SMILES string of the molecule is CCOC(=O)c1ccc(COc2ccccc2NC=O)c(Br)c1. The molecule has 0 saturated heterocycles. The van der Waals surface area contributed by atoms with Crippen molar-refractivity contribution in [1.29, 1.82) is 0 Å². The number of carbonyl (C=O) groups is 2. The number of benzene rings is 2. The molecule has 0 fully saturated rings. The summed E-state index contributed by atoms with van der Waals surface area (Å²) >= 11 is 3.43. The van der Waals surface area contributed by atoms with Gasteiger partial charge in [-0.25, -0.2) is 4.79 Å². The van der Waals surface area contributed by atoms with Gasteiger partial charge in [-0.3, -0.25) is 4.79 Å². The predicted octanol–water partition coefficient (Wildman–Crippen LogP) is 3.77. The fraction of sp³-hybridized carbons (Fsp3) is 0.176. The fourth-order valence-corrected chi connectivity index (χ4v) is 2.43. The first-order valence-electron chi connectivity index (χ1n) is 7.03. The van der Waals surface area contributed by atoms with Crippen molar-refractivity contribution in [3.8, 4) is 5.75 Å². The van der Waals surface area contributed by atoms with Crippen molar-refractivity contribution in [2.45, 2.75) is 13.5 Å². The highest BCUT2D eigenvalue weighted by atomic mass is 79.9. The van der Waals surface area contributed by atoms with Crippen LogP contribution in [0.3, 0.4) is 0 Å². The molecule has 0 heterocycles. The maximum absolute atomic E-state index is 11.7. The van der Waals surface area contributed by atoms with Crippen molar-refractivity contribution in [3.63, 3.8) is 0 Å². The van der Waals surface area contributed by atoms with Gasteiger partial charge in [-0.05, 0) is 31.2 Å². The van der Waals surface area contributed by atoms with Crippen LogP contribution in [-0.2, 0) is 16.1 Å². The first-order valence-corrected chi connectivity index (χ1v) is 7.82. The van der Waals surface area contributed by atoms with Crippen molar-refractivity contribution in [3.05, 3.63) is 58.1 Å². The quantitative estimate of drug-likeness (QED) is 0.589. The second-order valence-corrected chi connectivity index (χ2v) is 5.43. The van der Waals surface area contributed by atoms with Gasteiger partial charge >= 0.3 is 5.97 Å². The molecule has 2 aromatic carbocycles. The number of esters is 1. The molecule has 6 heteroatoms. The molecular weight excluding hydrogens is 362 g/mol. The van der Waals surface area contributed by atoms with Crippen molar-refractivity contribution in [1.82, 2.24) is 0 Å².